The van der Waals surface area contributed by atoms with Gasteiger partial charge in [-0.25, -0.2) is 0 Å². The number of fused-ring (bicyclic) bond motifs is 1. The van der Waals surface area contributed by atoms with Crippen LogP contribution in [0.15, 0.2) is 60.8 Å². The molecule has 1 heterocycles. The van der Waals surface area contributed by atoms with E-state index in [2.05, 4.69) is 39.5 Å². The number of para-hydroxylation sites is 1. The predicted octanol–water partition coefficient (Wildman–Crippen LogP) is 3.37. The molecule has 0 saturated carbocycles. The number of nitrogens with one attached hydrogen (secondary N) is 2. The van der Waals surface area contributed by atoms with E-state index in [4.69, 9.17) is 0 Å². The fourth-order valence-corrected chi connectivity index (χ4v) is 3.15. The molecular weight excluding hydrogens is 310 g/mol. The van der Waals surface area contributed by atoms with Gasteiger partial charge in [-0.3, -0.25) is 4.79 Å². The van der Waals surface area contributed by atoms with E-state index in [-0.39, 0.29) is 11.8 Å². The second-order valence-electron chi connectivity index (χ2n) is 6.61. The number of aromatic nitrogens is 1. The van der Waals surface area contributed by atoms with Gasteiger partial charge in [-0.1, -0.05) is 48.5 Å². The van der Waals surface area contributed by atoms with E-state index in [1.165, 1.54) is 10.9 Å². The lowest BCUT2D eigenvalue weighted by molar-refractivity contribution is -0.121. The molecule has 1 amide bonds. The summed E-state index contributed by atoms with van der Waals surface area (Å²) in [6, 6.07) is 18.5. The summed E-state index contributed by atoms with van der Waals surface area (Å²) in [6.07, 6.45) is 2.48. The van der Waals surface area contributed by atoms with Crippen LogP contribution in [0.4, 0.5) is 0 Å². The van der Waals surface area contributed by atoms with Crippen LogP contribution in [0, 0.1) is 0 Å². The van der Waals surface area contributed by atoms with Gasteiger partial charge in [0.15, 0.2) is 0 Å². The Hall–Kier alpha value is -2.59. The Morgan fingerprint density at radius 3 is 2.56 bits per heavy atom. The lowest BCUT2D eigenvalue weighted by Gasteiger charge is -2.18. The zero-order chi connectivity index (χ0) is 17.6. The minimum Gasteiger partial charge on any atom is -0.361 e. The van der Waals surface area contributed by atoms with Crippen molar-refractivity contribution in [1.82, 2.24) is 15.2 Å². The van der Waals surface area contributed by atoms with E-state index in [1.807, 2.05) is 50.6 Å². The fourth-order valence-electron chi connectivity index (χ4n) is 3.15. The number of amides is 1. The van der Waals surface area contributed by atoms with Gasteiger partial charge in [-0.05, 0) is 31.3 Å². The standard InChI is InChI=1S/C21H25N3O/c1-24(2)13-12-22-21(25)14-18(16-8-4-3-5-9-16)19-15-23-20-11-7-6-10-17(19)20/h3-11,15,18,23H,12-14H2,1-2H3,(H,22,25). The lowest BCUT2D eigenvalue weighted by Crippen LogP contribution is -2.32. The molecule has 0 radical (unpaired) electrons. The molecule has 0 fully saturated rings. The third kappa shape index (κ3) is 4.28. The fraction of sp³-hybridized carbons (Fsp3) is 0.286. The number of hydrogen-bond donors (Lipinski definition) is 2. The largest absolute Gasteiger partial charge is 0.361 e. The van der Waals surface area contributed by atoms with Gasteiger partial charge in [0.1, 0.15) is 0 Å². The zero-order valence-electron chi connectivity index (χ0n) is 14.8. The third-order valence-corrected chi connectivity index (χ3v) is 4.47. The number of likely N-dealkylation sites (N-methyl/N-ethyl adjacent to an activating group) is 1. The minimum atomic E-state index is 0.0386. The van der Waals surface area contributed by atoms with Crippen molar-refractivity contribution in [2.24, 2.45) is 0 Å². The molecule has 1 aromatic heterocycles. The first-order valence-electron chi connectivity index (χ1n) is 8.67. The smallest absolute Gasteiger partial charge is 0.220 e. The number of carbonyl (C=O) groups excluding carboxylic acids is 1. The van der Waals surface area contributed by atoms with Crippen molar-refractivity contribution in [2.75, 3.05) is 27.2 Å². The summed E-state index contributed by atoms with van der Waals surface area (Å²) in [5.74, 6) is 0.123. The maximum Gasteiger partial charge on any atom is 0.220 e. The molecule has 3 aromatic rings. The van der Waals surface area contributed by atoms with Crippen molar-refractivity contribution in [3.05, 3.63) is 71.9 Å². The Morgan fingerprint density at radius 2 is 1.80 bits per heavy atom. The van der Waals surface area contributed by atoms with Crippen LogP contribution >= 0.6 is 0 Å². The highest BCUT2D eigenvalue weighted by molar-refractivity contribution is 5.86. The Bertz CT molecular complexity index is 823. The summed E-state index contributed by atoms with van der Waals surface area (Å²) in [4.78, 5) is 17.9. The lowest BCUT2D eigenvalue weighted by atomic mass is 9.88. The number of carbonyl (C=O) groups is 1. The molecule has 3 rings (SSSR count). The van der Waals surface area contributed by atoms with Crippen LogP contribution < -0.4 is 5.32 Å². The van der Waals surface area contributed by atoms with Crippen LogP contribution in [0.25, 0.3) is 10.9 Å². The molecule has 0 aliphatic carbocycles. The van der Waals surface area contributed by atoms with Crippen LogP contribution in [0.5, 0.6) is 0 Å². The summed E-state index contributed by atoms with van der Waals surface area (Å²) in [5.41, 5.74) is 3.44. The van der Waals surface area contributed by atoms with E-state index in [9.17, 15) is 4.79 Å². The summed E-state index contributed by atoms with van der Waals surface area (Å²) in [7, 11) is 4.01. The topological polar surface area (TPSA) is 48.1 Å². The molecule has 0 aliphatic rings. The molecule has 1 unspecified atom stereocenters. The number of benzene rings is 2. The van der Waals surface area contributed by atoms with E-state index in [1.54, 1.807) is 0 Å². The van der Waals surface area contributed by atoms with Gasteiger partial charge in [0, 0.05) is 42.5 Å². The Kier molecular flexibility index (Phi) is 5.51. The molecule has 130 valence electrons. The monoisotopic (exact) mass is 335 g/mol. The molecule has 0 saturated heterocycles. The molecule has 2 aromatic carbocycles. The summed E-state index contributed by atoms with van der Waals surface area (Å²) < 4.78 is 0. The molecule has 25 heavy (non-hydrogen) atoms. The molecule has 1 atom stereocenters. The number of hydrogen-bond acceptors (Lipinski definition) is 2. The van der Waals surface area contributed by atoms with Gasteiger partial charge >= 0.3 is 0 Å². The van der Waals surface area contributed by atoms with Crippen molar-refractivity contribution in [2.45, 2.75) is 12.3 Å². The van der Waals surface area contributed by atoms with Gasteiger partial charge in [-0.2, -0.15) is 0 Å². The normalized spacial score (nSPS) is 12.4. The average Bonchev–Trinajstić information content (AvgIpc) is 3.04. The first-order valence-corrected chi connectivity index (χ1v) is 8.67. The highest BCUT2D eigenvalue weighted by Gasteiger charge is 2.21. The average molecular weight is 335 g/mol. The highest BCUT2D eigenvalue weighted by atomic mass is 16.1. The van der Waals surface area contributed by atoms with Gasteiger partial charge in [0.05, 0.1) is 0 Å². The van der Waals surface area contributed by atoms with Crippen molar-refractivity contribution >= 4 is 16.8 Å². The first-order chi connectivity index (χ1) is 12.1. The molecule has 4 heteroatoms. The summed E-state index contributed by atoms with van der Waals surface area (Å²) >= 11 is 0. The number of H-pyrrole nitrogens is 1. The molecule has 0 bridgehead atoms. The molecular formula is C21H25N3O. The quantitative estimate of drug-likeness (QED) is 0.695. The van der Waals surface area contributed by atoms with Crippen molar-refractivity contribution < 1.29 is 4.79 Å². The van der Waals surface area contributed by atoms with Gasteiger partial charge in [0.2, 0.25) is 5.91 Å². The van der Waals surface area contributed by atoms with Crippen molar-refractivity contribution in [1.29, 1.82) is 0 Å². The van der Waals surface area contributed by atoms with E-state index < -0.39 is 0 Å². The zero-order valence-corrected chi connectivity index (χ0v) is 14.8. The van der Waals surface area contributed by atoms with Crippen molar-refractivity contribution in [3.8, 4) is 0 Å². The summed E-state index contributed by atoms with van der Waals surface area (Å²) in [5, 5.41) is 4.21. The van der Waals surface area contributed by atoms with Crippen LogP contribution in [0.3, 0.4) is 0 Å². The SMILES string of the molecule is CN(C)CCNC(=O)CC(c1ccccc1)c1c[nH]c2ccccc12. The Morgan fingerprint density at radius 1 is 1.08 bits per heavy atom. The van der Waals surface area contributed by atoms with Gasteiger partial charge in [-0.15, -0.1) is 0 Å². The predicted molar refractivity (Wildman–Crippen MR) is 103 cm³/mol. The minimum absolute atomic E-state index is 0.0386. The molecule has 4 nitrogen and oxygen atoms in total. The van der Waals surface area contributed by atoms with Crippen LogP contribution in [-0.2, 0) is 4.79 Å². The maximum absolute atomic E-state index is 12.5. The van der Waals surface area contributed by atoms with E-state index in [0.717, 1.165) is 17.6 Å². The Labute approximate surface area is 148 Å². The second-order valence-corrected chi connectivity index (χ2v) is 6.61. The summed E-state index contributed by atoms with van der Waals surface area (Å²) in [6.45, 7) is 1.51. The maximum atomic E-state index is 12.5. The number of nitrogens with zero attached hydrogens (tertiary/aromatic N) is 1. The molecule has 0 aliphatic heterocycles. The molecule has 0 spiro atoms. The number of rotatable bonds is 7. The van der Waals surface area contributed by atoms with E-state index >= 15 is 0 Å². The number of aromatic amines is 1. The second kappa shape index (κ2) is 7.99. The Balaban J connectivity index is 1.85. The third-order valence-electron chi connectivity index (χ3n) is 4.47. The molecule has 2 N–H and O–H groups in total. The van der Waals surface area contributed by atoms with Crippen LogP contribution in [0.2, 0.25) is 0 Å². The van der Waals surface area contributed by atoms with Crippen molar-refractivity contribution in [3.63, 3.8) is 0 Å². The van der Waals surface area contributed by atoms with Crippen LogP contribution in [0.1, 0.15) is 23.5 Å². The van der Waals surface area contributed by atoms with Gasteiger partial charge < -0.3 is 15.2 Å². The first kappa shape index (κ1) is 17.2. The highest BCUT2D eigenvalue weighted by Crippen LogP contribution is 2.33. The van der Waals surface area contributed by atoms with E-state index in [0.29, 0.717) is 13.0 Å². The van der Waals surface area contributed by atoms with Crippen LogP contribution in [-0.4, -0.2) is 43.0 Å². The van der Waals surface area contributed by atoms with Gasteiger partial charge in [0.25, 0.3) is 0 Å².